The molecule has 1 aromatic heterocycles. The van der Waals surface area contributed by atoms with Gasteiger partial charge in [-0.25, -0.2) is 4.79 Å². The van der Waals surface area contributed by atoms with E-state index in [2.05, 4.69) is 10.6 Å². The van der Waals surface area contributed by atoms with Crippen LogP contribution < -0.4 is 10.6 Å². The van der Waals surface area contributed by atoms with Crippen molar-refractivity contribution in [1.29, 1.82) is 0 Å². The molecular formula is C14H17N3O. The minimum atomic E-state index is -0.162. The van der Waals surface area contributed by atoms with Crippen LogP contribution in [0.1, 0.15) is 13.3 Å². The average molecular weight is 243 g/mol. The van der Waals surface area contributed by atoms with Gasteiger partial charge in [0.05, 0.1) is 0 Å². The highest BCUT2D eigenvalue weighted by Gasteiger charge is 2.00. The van der Waals surface area contributed by atoms with Crippen molar-refractivity contribution in [2.45, 2.75) is 13.3 Å². The van der Waals surface area contributed by atoms with E-state index in [-0.39, 0.29) is 6.03 Å². The molecule has 0 saturated carbocycles. The van der Waals surface area contributed by atoms with Crippen molar-refractivity contribution in [3.63, 3.8) is 0 Å². The summed E-state index contributed by atoms with van der Waals surface area (Å²) >= 11 is 0. The summed E-state index contributed by atoms with van der Waals surface area (Å²) in [7, 11) is 0. The lowest BCUT2D eigenvalue weighted by Crippen LogP contribution is -2.29. The Morgan fingerprint density at radius 2 is 1.83 bits per heavy atom. The largest absolute Gasteiger partial charge is 0.338 e. The lowest BCUT2D eigenvalue weighted by molar-refractivity contribution is 0.252. The number of hydrogen-bond acceptors (Lipinski definition) is 1. The third-order valence-electron chi connectivity index (χ3n) is 2.56. The summed E-state index contributed by atoms with van der Waals surface area (Å²) in [5.41, 5.74) is 1.86. The van der Waals surface area contributed by atoms with Crippen molar-refractivity contribution < 1.29 is 4.79 Å². The maximum atomic E-state index is 11.5. The van der Waals surface area contributed by atoms with Crippen molar-refractivity contribution in [1.82, 2.24) is 9.88 Å². The van der Waals surface area contributed by atoms with Gasteiger partial charge in [0.2, 0.25) is 0 Å². The molecule has 1 aromatic carbocycles. The monoisotopic (exact) mass is 243 g/mol. The molecule has 2 N–H and O–H groups in total. The Hall–Kier alpha value is -2.23. The molecule has 2 rings (SSSR count). The Balaban J connectivity index is 1.98. The number of amides is 2. The number of carbonyl (C=O) groups excluding carboxylic acids is 1. The van der Waals surface area contributed by atoms with Gasteiger partial charge in [-0.1, -0.05) is 6.92 Å². The normalized spacial score (nSPS) is 10.1. The van der Waals surface area contributed by atoms with Crippen LogP contribution >= 0.6 is 0 Å². The van der Waals surface area contributed by atoms with Gasteiger partial charge >= 0.3 is 6.03 Å². The predicted octanol–water partition coefficient (Wildman–Crippen LogP) is 3.01. The van der Waals surface area contributed by atoms with Gasteiger partial charge in [0.25, 0.3) is 0 Å². The summed E-state index contributed by atoms with van der Waals surface area (Å²) in [5.74, 6) is 0. The summed E-state index contributed by atoms with van der Waals surface area (Å²) in [6, 6.07) is 11.5. The molecule has 4 heteroatoms. The van der Waals surface area contributed by atoms with Crippen molar-refractivity contribution in [3.05, 3.63) is 48.8 Å². The second kappa shape index (κ2) is 5.91. The van der Waals surface area contributed by atoms with E-state index in [0.29, 0.717) is 6.54 Å². The second-order valence-electron chi connectivity index (χ2n) is 4.02. The molecule has 2 amide bonds. The Morgan fingerprint density at radius 3 is 2.44 bits per heavy atom. The molecule has 94 valence electrons. The number of anilines is 1. The van der Waals surface area contributed by atoms with Crippen LogP contribution in [0.15, 0.2) is 48.8 Å². The van der Waals surface area contributed by atoms with E-state index in [1.807, 2.05) is 60.3 Å². The molecule has 0 aliphatic heterocycles. The molecule has 1 heterocycles. The lowest BCUT2D eigenvalue weighted by Gasteiger charge is -2.08. The fourth-order valence-electron chi connectivity index (χ4n) is 1.64. The molecule has 0 radical (unpaired) electrons. The molecular weight excluding hydrogens is 226 g/mol. The van der Waals surface area contributed by atoms with Crippen molar-refractivity contribution in [2.24, 2.45) is 0 Å². The minimum absolute atomic E-state index is 0.162. The zero-order chi connectivity index (χ0) is 12.8. The van der Waals surface area contributed by atoms with E-state index in [1.54, 1.807) is 0 Å². The zero-order valence-corrected chi connectivity index (χ0v) is 10.4. The molecule has 0 atom stereocenters. The Kier molecular flexibility index (Phi) is 4.02. The molecule has 2 aromatic rings. The first-order valence-electron chi connectivity index (χ1n) is 6.08. The van der Waals surface area contributed by atoms with E-state index < -0.39 is 0 Å². The molecule has 0 saturated heterocycles. The van der Waals surface area contributed by atoms with Crippen molar-refractivity contribution >= 4 is 11.7 Å². The van der Waals surface area contributed by atoms with Gasteiger partial charge in [0.1, 0.15) is 0 Å². The standard InChI is InChI=1S/C14H17N3O/c1-2-9-15-14(18)16-12-5-7-13(8-6-12)17-10-3-4-11-17/h3-8,10-11H,2,9H2,1H3,(H2,15,16,18). The van der Waals surface area contributed by atoms with E-state index in [1.165, 1.54) is 0 Å². The van der Waals surface area contributed by atoms with Gasteiger partial charge in [-0.3, -0.25) is 0 Å². The van der Waals surface area contributed by atoms with E-state index in [0.717, 1.165) is 17.8 Å². The first-order chi connectivity index (χ1) is 8.79. The van der Waals surface area contributed by atoms with Gasteiger partial charge in [0, 0.05) is 30.3 Å². The third-order valence-corrected chi connectivity index (χ3v) is 2.56. The molecule has 0 bridgehead atoms. The smallest absolute Gasteiger partial charge is 0.319 e. The zero-order valence-electron chi connectivity index (χ0n) is 10.4. The Morgan fingerprint density at radius 1 is 1.17 bits per heavy atom. The maximum Gasteiger partial charge on any atom is 0.319 e. The molecule has 4 nitrogen and oxygen atoms in total. The average Bonchev–Trinajstić information content (AvgIpc) is 2.91. The molecule has 18 heavy (non-hydrogen) atoms. The quantitative estimate of drug-likeness (QED) is 0.852. The van der Waals surface area contributed by atoms with Crippen LogP contribution in [0.4, 0.5) is 10.5 Å². The van der Waals surface area contributed by atoms with Crippen LogP contribution in [0.2, 0.25) is 0 Å². The molecule has 0 aliphatic carbocycles. The van der Waals surface area contributed by atoms with Crippen LogP contribution in [0.3, 0.4) is 0 Å². The highest BCUT2D eigenvalue weighted by Crippen LogP contribution is 2.13. The fourth-order valence-corrected chi connectivity index (χ4v) is 1.64. The summed E-state index contributed by atoms with van der Waals surface area (Å²) in [6.07, 6.45) is 4.90. The van der Waals surface area contributed by atoms with E-state index in [4.69, 9.17) is 0 Å². The number of aromatic nitrogens is 1. The molecule has 0 spiro atoms. The lowest BCUT2D eigenvalue weighted by atomic mass is 10.3. The van der Waals surface area contributed by atoms with Crippen molar-refractivity contribution in [3.8, 4) is 5.69 Å². The first kappa shape index (κ1) is 12.2. The number of benzene rings is 1. The van der Waals surface area contributed by atoms with Crippen molar-refractivity contribution in [2.75, 3.05) is 11.9 Å². The Labute approximate surface area is 107 Å². The van der Waals surface area contributed by atoms with Crippen LogP contribution in [0.25, 0.3) is 5.69 Å². The van der Waals surface area contributed by atoms with Crippen LogP contribution in [0, 0.1) is 0 Å². The number of hydrogen-bond donors (Lipinski definition) is 2. The van der Waals surface area contributed by atoms with E-state index >= 15 is 0 Å². The molecule has 0 aliphatic rings. The maximum absolute atomic E-state index is 11.5. The van der Waals surface area contributed by atoms with Crippen LogP contribution in [-0.4, -0.2) is 17.1 Å². The number of rotatable bonds is 4. The van der Waals surface area contributed by atoms with E-state index in [9.17, 15) is 4.79 Å². The topological polar surface area (TPSA) is 46.1 Å². The van der Waals surface area contributed by atoms with Gasteiger partial charge in [-0.05, 0) is 42.8 Å². The second-order valence-corrected chi connectivity index (χ2v) is 4.02. The van der Waals surface area contributed by atoms with Gasteiger partial charge in [0.15, 0.2) is 0 Å². The third kappa shape index (κ3) is 3.13. The Bertz CT molecular complexity index is 488. The molecule has 0 unspecified atom stereocenters. The summed E-state index contributed by atoms with van der Waals surface area (Å²) in [4.78, 5) is 11.5. The fraction of sp³-hybridized carbons (Fsp3) is 0.214. The van der Waals surface area contributed by atoms with Gasteiger partial charge in [-0.2, -0.15) is 0 Å². The summed E-state index contributed by atoms with van der Waals surface area (Å²) in [5, 5.41) is 5.56. The number of carbonyl (C=O) groups is 1. The van der Waals surface area contributed by atoms with Gasteiger partial charge < -0.3 is 15.2 Å². The van der Waals surface area contributed by atoms with Crippen LogP contribution in [-0.2, 0) is 0 Å². The van der Waals surface area contributed by atoms with Gasteiger partial charge in [-0.15, -0.1) is 0 Å². The predicted molar refractivity (Wildman–Crippen MR) is 73.1 cm³/mol. The molecule has 0 fully saturated rings. The number of urea groups is 1. The first-order valence-corrected chi connectivity index (χ1v) is 6.08. The minimum Gasteiger partial charge on any atom is -0.338 e. The number of nitrogens with zero attached hydrogens (tertiary/aromatic N) is 1. The summed E-state index contributed by atoms with van der Waals surface area (Å²) in [6.45, 7) is 2.71. The summed E-state index contributed by atoms with van der Waals surface area (Å²) < 4.78 is 2.01. The highest BCUT2D eigenvalue weighted by molar-refractivity contribution is 5.89. The number of nitrogens with one attached hydrogen (secondary N) is 2. The van der Waals surface area contributed by atoms with Crippen LogP contribution in [0.5, 0.6) is 0 Å². The highest BCUT2D eigenvalue weighted by atomic mass is 16.2. The SMILES string of the molecule is CCCNC(=O)Nc1ccc(-n2cccc2)cc1.